The van der Waals surface area contributed by atoms with Crippen molar-refractivity contribution in [3.63, 3.8) is 0 Å². The summed E-state index contributed by atoms with van der Waals surface area (Å²) in [6, 6.07) is 6.47. The quantitative estimate of drug-likeness (QED) is 0.420. The molecule has 2 heterocycles. The Morgan fingerprint density at radius 2 is 2.03 bits per heavy atom. The van der Waals surface area contributed by atoms with Crippen molar-refractivity contribution in [2.75, 3.05) is 44.4 Å². The number of sulfonamides is 1. The number of nitrogens with zero attached hydrogens (tertiary/aromatic N) is 5. The maximum absolute atomic E-state index is 12.8. The second-order valence-corrected chi connectivity index (χ2v) is 10.2. The minimum absolute atomic E-state index is 0.00591. The number of thioether (sulfide) groups is 1. The first-order chi connectivity index (χ1) is 15.3. The van der Waals surface area contributed by atoms with Crippen LogP contribution in [0, 0.1) is 0 Å². The number of benzene rings is 1. The molecule has 1 aliphatic heterocycles. The first kappa shape index (κ1) is 24.5. The second-order valence-electron chi connectivity index (χ2n) is 7.32. The van der Waals surface area contributed by atoms with E-state index in [-0.39, 0.29) is 22.7 Å². The van der Waals surface area contributed by atoms with E-state index in [2.05, 4.69) is 10.2 Å². The molecule has 1 aromatic heterocycles. The van der Waals surface area contributed by atoms with Crippen LogP contribution in [0.25, 0.3) is 11.4 Å². The lowest BCUT2D eigenvalue weighted by molar-refractivity contribution is -0.135. The van der Waals surface area contributed by atoms with Crippen LogP contribution in [-0.4, -0.2) is 83.0 Å². The molecule has 2 aromatic rings. The molecule has 0 spiro atoms. The van der Waals surface area contributed by atoms with Crippen molar-refractivity contribution >= 4 is 27.7 Å². The van der Waals surface area contributed by atoms with Gasteiger partial charge in [-0.1, -0.05) is 44.7 Å². The third-order valence-electron chi connectivity index (χ3n) is 5.37. The molecule has 1 fully saturated rings. The van der Waals surface area contributed by atoms with Crippen LogP contribution in [0.4, 0.5) is 0 Å². The van der Waals surface area contributed by atoms with Gasteiger partial charge in [0.2, 0.25) is 21.1 Å². The Hall–Kier alpha value is -2.15. The summed E-state index contributed by atoms with van der Waals surface area (Å²) in [5.74, 6) is 6.69. The molecule has 0 aliphatic carbocycles. The maximum atomic E-state index is 12.8. The molecule has 12 heteroatoms. The molecule has 1 atom stereocenters. The highest BCUT2D eigenvalue weighted by Crippen LogP contribution is 2.25. The van der Waals surface area contributed by atoms with Crippen LogP contribution in [0.3, 0.4) is 0 Å². The Morgan fingerprint density at radius 1 is 1.28 bits per heavy atom. The first-order valence-electron chi connectivity index (χ1n) is 10.6. The predicted molar refractivity (Wildman–Crippen MR) is 123 cm³/mol. The molecule has 10 nitrogen and oxygen atoms in total. The average Bonchev–Trinajstić information content (AvgIpc) is 3.18. The van der Waals surface area contributed by atoms with E-state index in [4.69, 9.17) is 10.6 Å². The molecule has 0 saturated carbocycles. The van der Waals surface area contributed by atoms with Crippen LogP contribution in [0.1, 0.15) is 27.2 Å². The summed E-state index contributed by atoms with van der Waals surface area (Å²) in [6.07, 6.45) is 0.933. The van der Waals surface area contributed by atoms with Crippen molar-refractivity contribution in [3.8, 4) is 11.4 Å². The Bertz CT molecular complexity index is 1040. The van der Waals surface area contributed by atoms with Gasteiger partial charge in [0.05, 0.1) is 23.4 Å². The molecule has 1 aromatic carbocycles. The SMILES string of the molecule is CCC1CN(C(=O)CSc2nnc(-c3cccc(S(=O)(=O)N(CC)CC)c3)n2N)CCO1. The molecular formula is C20H30N6O4S2. The van der Waals surface area contributed by atoms with E-state index in [9.17, 15) is 13.2 Å². The second kappa shape index (κ2) is 10.6. The van der Waals surface area contributed by atoms with Gasteiger partial charge in [0.1, 0.15) is 0 Å². The topological polar surface area (TPSA) is 124 Å². The van der Waals surface area contributed by atoms with E-state index in [0.717, 1.165) is 6.42 Å². The summed E-state index contributed by atoms with van der Waals surface area (Å²) in [5, 5.41) is 8.60. The number of nitrogens with two attached hydrogens (primary N) is 1. The van der Waals surface area contributed by atoms with Crippen LogP contribution in [0.5, 0.6) is 0 Å². The molecule has 32 heavy (non-hydrogen) atoms. The summed E-state index contributed by atoms with van der Waals surface area (Å²) in [5.41, 5.74) is 0.533. The highest BCUT2D eigenvalue weighted by Gasteiger charge is 2.25. The molecule has 176 valence electrons. The molecule has 0 bridgehead atoms. The Kier molecular flexibility index (Phi) is 8.15. The van der Waals surface area contributed by atoms with Gasteiger partial charge in [0.25, 0.3) is 0 Å². The molecule has 1 unspecified atom stereocenters. The van der Waals surface area contributed by atoms with Crippen molar-refractivity contribution < 1.29 is 17.9 Å². The number of nitrogen functional groups attached to an aromatic ring is 1. The standard InChI is InChI=1S/C20H30N6O4S2/c1-4-16-13-24(10-11-30-16)18(27)14-31-20-23-22-19(26(20)21)15-8-7-9-17(12-15)32(28,29)25(5-2)6-3/h7-9,12,16H,4-6,10-11,13-14,21H2,1-3H3. The number of rotatable bonds is 9. The van der Waals surface area contributed by atoms with Crippen molar-refractivity contribution in [1.82, 2.24) is 24.1 Å². The molecule has 1 aliphatic rings. The number of ether oxygens (including phenoxy) is 1. The minimum atomic E-state index is -3.61. The molecule has 1 saturated heterocycles. The zero-order valence-corrected chi connectivity index (χ0v) is 20.2. The van der Waals surface area contributed by atoms with Gasteiger partial charge in [0, 0.05) is 31.7 Å². The fraction of sp³-hybridized carbons (Fsp3) is 0.550. The Balaban J connectivity index is 1.73. The summed E-state index contributed by atoms with van der Waals surface area (Å²) >= 11 is 1.20. The van der Waals surface area contributed by atoms with Crippen LogP contribution in [0.2, 0.25) is 0 Å². The lowest BCUT2D eigenvalue weighted by Crippen LogP contribution is -2.46. The smallest absolute Gasteiger partial charge is 0.243 e. The predicted octanol–water partition coefficient (Wildman–Crippen LogP) is 1.42. The fourth-order valence-electron chi connectivity index (χ4n) is 3.49. The van der Waals surface area contributed by atoms with E-state index in [1.165, 1.54) is 20.7 Å². The van der Waals surface area contributed by atoms with Gasteiger partial charge in [0.15, 0.2) is 5.82 Å². The van der Waals surface area contributed by atoms with Gasteiger partial charge < -0.3 is 15.5 Å². The van der Waals surface area contributed by atoms with E-state index in [1.807, 2.05) is 6.92 Å². The maximum Gasteiger partial charge on any atom is 0.243 e. The number of aromatic nitrogens is 3. The van der Waals surface area contributed by atoms with Gasteiger partial charge in [-0.2, -0.15) is 4.31 Å². The van der Waals surface area contributed by atoms with Crippen molar-refractivity contribution in [2.45, 2.75) is 43.3 Å². The van der Waals surface area contributed by atoms with Crippen LogP contribution >= 0.6 is 11.8 Å². The largest absolute Gasteiger partial charge is 0.375 e. The summed E-state index contributed by atoms with van der Waals surface area (Å²) in [6.45, 7) is 8.10. The van der Waals surface area contributed by atoms with Crippen molar-refractivity contribution in [1.29, 1.82) is 0 Å². The first-order valence-corrected chi connectivity index (χ1v) is 13.1. The van der Waals surface area contributed by atoms with Crippen LogP contribution < -0.4 is 5.84 Å². The van der Waals surface area contributed by atoms with Gasteiger partial charge >= 0.3 is 0 Å². The molecule has 2 N–H and O–H groups in total. The summed E-state index contributed by atoms with van der Waals surface area (Å²) in [4.78, 5) is 14.5. The number of amides is 1. The van der Waals surface area contributed by atoms with Crippen LogP contribution in [0.15, 0.2) is 34.3 Å². The zero-order chi connectivity index (χ0) is 23.3. The molecule has 1 amide bonds. The van der Waals surface area contributed by atoms with E-state index in [0.29, 0.717) is 49.3 Å². The van der Waals surface area contributed by atoms with E-state index in [1.54, 1.807) is 43.0 Å². The summed E-state index contributed by atoms with van der Waals surface area (Å²) in [7, 11) is -3.61. The number of carbonyl (C=O) groups is 1. The Labute approximate surface area is 193 Å². The monoisotopic (exact) mass is 482 g/mol. The van der Waals surface area contributed by atoms with E-state index < -0.39 is 10.0 Å². The molecule has 3 rings (SSSR count). The summed E-state index contributed by atoms with van der Waals surface area (Å²) < 4.78 is 34.0. The van der Waals surface area contributed by atoms with Crippen LogP contribution in [-0.2, 0) is 19.6 Å². The molecular weight excluding hydrogens is 452 g/mol. The Morgan fingerprint density at radius 3 is 2.72 bits per heavy atom. The van der Waals surface area contributed by atoms with E-state index >= 15 is 0 Å². The van der Waals surface area contributed by atoms with Crippen molar-refractivity contribution in [3.05, 3.63) is 24.3 Å². The fourth-order valence-corrected chi connectivity index (χ4v) is 5.75. The minimum Gasteiger partial charge on any atom is -0.375 e. The third-order valence-corrected chi connectivity index (χ3v) is 8.35. The number of hydrogen-bond acceptors (Lipinski definition) is 8. The van der Waals surface area contributed by atoms with Gasteiger partial charge in [-0.3, -0.25) is 4.79 Å². The third kappa shape index (κ3) is 5.25. The molecule has 0 radical (unpaired) electrons. The highest BCUT2D eigenvalue weighted by atomic mass is 32.2. The number of morpholine rings is 1. The lowest BCUT2D eigenvalue weighted by atomic mass is 10.2. The van der Waals surface area contributed by atoms with Gasteiger partial charge in [-0.05, 0) is 18.6 Å². The lowest BCUT2D eigenvalue weighted by Gasteiger charge is -2.32. The van der Waals surface area contributed by atoms with Gasteiger partial charge in [-0.15, -0.1) is 10.2 Å². The average molecular weight is 483 g/mol. The highest BCUT2D eigenvalue weighted by molar-refractivity contribution is 7.99. The van der Waals surface area contributed by atoms with Crippen molar-refractivity contribution in [2.24, 2.45) is 0 Å². The zero-order valence-electron chi connectivity index (χ0n) is 18.6. The van der Waals surface area contributed by atoms with Gasteiger partial charge in [-0.25, -0.2) is 13.1 Å². The number of carbonyl (C=O) groups excluding carboxylic acids is 1. The normalized spacial score (nSPS) is 17.1. The number of hydrogen-bond donors (Lipinski definition) is 1.